The molecule has 1 amide bonds. The van der Waals surface area contributed by atoms with Crippen molar-refractivity contribution in [2.24, 2.45) is 11.0 Å². The van der Waals surface area contributed by atoms with Crippen LogP contribution < -0.4 is 4.74 Å². The number of hydrazone groups is 1. The second kappa shape index (κ2) is 11.0. The largest absolute Gasteiger partial charge is 0.496 e. The SMILES string of the molecule is CCOC(=O)C1CCN(CC(=O)N2N=C(c3cc(C)ccc3C)C[C@@H]2c2ccccc2OC)CC1. The molecule has 2 aromatic rings. The predicted molar refractivity (Wildman–Crippen MR) is 135 cm³/mol. The second-order valence-corrected chi connectivity index (χ2v) is 9.37. The molecule has 2 heterocycles. The van der Waals surface area contributed by atoms with Crippen molar-refractivity contribution in [1.82, 2.24) is 9.91 Å². The third-order valence-corrected chi connectivity index (χ3v) is 6.93. The number of methoxy groups -OCH3 is 1. The number of ether oxygens (including phenoxy) is 2. The van der Waals surface area contributed by atoms with E-state index in [0.29, 0.717) is 39.0 Å². The molecule has 2 aliphatic heterocycles. The van der Waals surface area contributed by atoms with Crippen LogP contribution in [0.5, 0.6) is 5.75 Å². The number of carbonyl (C=O) groups is 2. The second-order valence-electron chi connectivity index (χ2n) is 9.37. The average Bonchev–Trinajstić information content (AvgIpc) is 3.31. The minimum absolute atomic E-state index is 0.0456. The number of aryl methyl sites for hydroxylation is 2. The summed E-state index contributed by atoms with van der Waals surface area (Å²) in [6.45, 7) is 8.02. The maximum Gasteiger partial charge on any atom is 0.309 e. The summed E-state index contributed by atoms with van der Waals surface area (Å²) in [5, 5.41) is 6.52. The molecule has 0 N–H and O–H groups in total. The van der Waals surface area contributed by atoms with Gasteiger partial charge in [0.25, 0.3) is 5.91 Å². The molecular weight excluding hydrogens is 442 g/mol. The van der Waals surface area contributed by atoms with Gasteiger partial charge in [0, 0.05) is 17.5 Å². The van der Waals surface area contributed by atoms with Gasteiger partial charge in [0.1, 0.15) is 5.75 Å². The van der Waals surface area contributed by atoms with E-state index in [1.54, 1.807) is 12.1 Å². The number of carbonyl (C=O) groups excluding carboxylic acids is 2. The molecular formula is C28H35N3O4. The highest BCUT2D eigenvalue weighted by atomic mass is 16.5. The summed E-state index contributed by atoms with van der Waals surface area (Å²) in [6.07, 6.45) is 2.04. The Morgan fingerprint density at radius 2 is 1.83 bits per heavy atom. The van der Waals surface area contributed by atoms with Crippen molar-refractivity contribution in [2.75, 3.05) is 33.4 Å². The fourth-order valence-corrected chi connectivity index (χ4v) is 4.98. The lowest BCUT2D eigenvalue weighted by molar-refractivity contribution is -0.149. The van der Waals surface area contributed by atoms with Crippen LogP contribution in [-0.2, 0) is 14.3 Å². The van der Waals surface area contributed by atoms with Gasteiger partial charge in [-0.2, -0.15) is 5.10 Å². The number of benzene rings is 2. The van der Waals surface area contributed by atoms with Crippen molar-refractivity contribution < 1.29 is 19.1 Å². The van der Waals surface area contributed by atoms with Crippen LogP contribution in [0.4, 0.5) is 0 Å². The number of piperidine rings is 1. The number of amides is 1. The van der Waals surface area contributed by atoms with Gasteiger partial charge in [-0.05, 0) is 64.4 Å². The molecule has 1 saturated heterocycles. The fourth-order valence-electron chi connectivity index (χ4n) is 4.98. The molecule has 186 valence electrons. The van der Waals surface area contributed by atoms with Gasteiger partial charge in [-0.25, -0.2) is 5.01 Å². The fraction of sp³-hybridized carbons (Fsp3) is 0.464. The Balaban J connectivity index is 1.55. The molecule has 0 aliphatic carbocycles. The van der Waals surface area contributed by atoms with Crippen molar-refractivity contribution in [2.45, 2.75) is 46.1 Å². The molecule has 1 atom stereocenters. The van der Waals surface area contributed by atoms with Crippen molar-refractivity contribution in [3.63, 3.8) is 0 Å². The van der Waals surface area contributed by atoms with Gasteiger partial charge in [-0.15, -0.1) is 0 Å². The molecule has 2 aromatic carbocycles. The highest BCUT2D eigenvalue weighted by molar-refractivity contribution is 6.04. The van der Waals surface area contributed by atoms with E-state index in [1.807, 2.05) is 31.2 Å². The molecule has 0 bridgehead atoms. The number of likely N-dealkylation sites (tertiary alicyclic amines) is 1. The van der Waals surface area contributed by atoms with Crippen molar-refractivity contribution in [1.29, 1.82) is 0 Å². The van der Waals surface area contributed by atoms with Crippen molar-refractivity contribution >= 4 is 17.6 Å². The van der Waals surface area contributed by atoms with Crippen LogP contribution in [0.15, 0.2) is 47.6 Å². The van der Waals surface area contributed by atoms with E-state index in [-0.39, 0.29) is 30.4 Å². The van der Waals surface area contributed by atoms with Crippen LogP contribution in [-0.4, -0.2) is 60.8 Å². The molecule has 35 heavy (non-hydrogen) atoms. The lowest BCUT2D eigenvalue weighted by atomic mass is 9.94. The minimum atomic E-state index is -0.231. The summed E-state index contributed by atoms with van der Waals surface area (Å²) >= 11 is 0. The Kier molecular flexibility index (Phi) is 7.86. The number of para-hydroxylation sites is 1. The first-order valence-corrected chi connectivity index (χ1v) is 12.4. The lowest BCUT2D eigenvalue weighted by Crippen LogP contribution is -2.43. The Hall–Kier alpha value is -3.19. The normalized spacial score (nSPS) is 18.9. The maximum atomic E-state index is 13.6. The van der Waals surface area contributed by atoms with Crippen LogP contribution in [0.1, 0.15) is 54.5 Å². The molecule has 0 saturated carbocycles. The Bertz CT molecular complexity index is 1110. The Labute approximate surface area is 207 Å². The highest BCUT2D eigenvalue weighted by Gasteiger charge is 2.36. The van der Waals surface area contributed by atoms with E-state index in [0.717, 1.165) is 33.7 Å². The van der Waals surface area contributed by atoms with Gasteiger partial charge in [0.05, 0.1) is 37.9 Å². The molecule has 7 heteroatoms. The van der Waals surface area contributed by atoms with Crippen LogP contribution in [0.25, 0.3) is 0 Å². The summed E-state index contributed by atoms with van der Waals surface area (Å²) in [4.78, 5) is 27.8. The number of rotatable bonds is 7. The minimum Gasteiger partial charge on any atom is -0.496 e. The average molecular weight is 478 g/mol. The third kappa shape index (κ3) is 5.56. The summed E-state index contributed by atoms with van der Waals surface area (Å²) < 4.78 is 10.8. The van der Waals surface area contributed by atoms with Crippen molar-refractivity contribution in [3.8, 4) is 5.75 Å². The third-order valence-electron chi connectivity index (χ3n) is 6.93. The highest BCUT2D eigenvalue weighted by Crippen LogP contribution is 2.38. The molecule has 4 rings (SSSR count). The van der Waals surface area contributed by atoms with Crippen LogP contribution in [0, 0.1) is 19.8 Å². The topological polar surface area (TPSA) is 71.4 Å². The zero-order chi connectivity index (χ0) is 24.9. The predicted octanol–water partition coefficient (Wildman–Crippen LogP) is 4.26. The molecule has 0 aromatic heterocycles. The molecule has 1 fully saturated rings. The first kappa shape index (κ1) is 24.9. The van der Waals surface area contributed by atoms with Gasteiger partial charge in [-0.1, -0.05) is 35.9 Å². The van der Waals surface area contributed by atoms with E-state index < -0.39 is 0 Å². The lowest BCUT2D eigenvalue weighted by Gasteiger charge is -2.32. The molecule has 0 unspecified atom stereocenters. The summed E-state index contributed by atoms with van der Waals surface area (Å²) in [6, 6.07) is 13.9. The number of hydrogen-bond acceptors (Lipinski definition) is 6. The number of nitrogens with zero attached hydrogens (tertiary/aromatic N) is 3. The number of hydrogen-bond donors (Lipinski definition) is 0. The van der Waals surface area contributed by atoms with E-state index in [1.165, 1.54) is 0 Å². The first-order valence-electron chi connectivity index (χ1n) is 12.4. The van der Waals surface area contributed by atoms with Crippen LogP contribution in [0.3, 0.4) is 0 Å². The molecule has 7 nitrogen and oxygen atoms in total. The Morgan fingerprint density at radius 1 is 1.09 bits per heavy atom. The summed E-state index contributed by atoms with van der Waals surface area (Å²) in [5.74, 6) is 0.499. The smallest absolute Gasteiger partial charge is 0.309 e. The monoisotopic (exact) mass is 477 g/mol. The Morgan fingerprint density at radius 3 is 2.54 bits per heavy atom. The quantitative estimate of drug-likeness (QED) is 0.557. The van der Waals surface area contributed by atoms with Gasteiger partial charge in [0.15, 0.2) is 0 Å². The van der Waals surface area contributed by atoms with E-state index >= 15 is 0 Å². The van der Waals surface area contributed by atoms with E-state index in [4.69, 9.17) is 14.6 Å². The summed E-state index contributed by atoms with van der Waals surface area (Å²) in [5.41, 5.74) is 5.25. The number of esters is 1. The van der Waals surface area contributed by atoms with Crippen LogP contribution in [0.2, 0.25) is 0 Å². The molecule has 0 radical (unpaired) electrons. The van der Waals surface area contributed by atoms with Crippen molar-refractivity contribution in [3.05, 3.63) is 64.7 Å². The first-order chi connectivity index (χ1) is 16.9. The molecule has 2 aliphatic rings. The van der Waals surface area contributed by atoms with Gasteiger partial charge >= 0.3 is 5.97 Å². The van der Waals surface area contributed by atoms with Crippen LogP contribution >= 0.6 is 0 Å². The van der Waals surface area contributed by atoms with E-state index in [2.05, 4.69) is 36.9 Å². The molecule has 0 spiro atoms. The zero-order valence-corrected chi connectivity index (χ0v) is 21.1. The van der Waals surface area contributed by atoms with E-state index in [9.17, 15) is 9.59 Å². The zero-order valence-electron chi connectivity index (χ0n) is 21.1. The summed E-state index contributed by atoms with van der Waals surface area (Å²) in [7, 11) is 1.65. The maximum absolute atomic E-state index is 13.6. The van der Waals surface area contributed by atoms with Gasteiger partial charge in [-0.3, -0.25) is 14.5 Å². The van der Waals surface area contributed by atoms with Gasteiger partial charge < -0.3 is 9.47 Å². The standard InChI is InChI=1S/C28H35N3O4/c1-5-35-28(33)21-12-14-30(15-13-21)18-27(32)31-25(22-8-6-7-9-26(22)34-4)17-24(29-31)23-16-19(2)10-11-20(23)3/h6-11,16,21,25H,5,12-15,17-18H2,1-4H3/t25-/m1/s1. The van der Waals surface area contributed by atoms with Gasteiger partial charge in [0.2, 0.25) is 0 Å².